The van der Waals surface area contributed by atoms with Crippen LogP contribution in [0.15, 0.2) is 24.3 Å². The van der Waals surface area contributed by atoms with Gasteiger partial charge >= 0.3 is 5.97 Å². The molecule has 1 heterocycles. The van der Waals surface area contributed by atoms with Crippen molar-refractivity contribution in [3.8, 4) is 0 Å². The van der Waals surface area contributed by atoms with Gasteiger partial charge < -0.3 is 14.4 Å². The molecule has 0 saturated carbocycles. The molecule has 1 aromatic rings. The summed E-state index contributed by atoms with van der Waals surface area (Å²) in [5, 5.41) is 10.9. The Hall–Kier alpha value is -2.48. The molecule has 0 aliphatic carbocycles. The molecular weight excluding hydrogens is 304 g/mol. The van der Waals surface area contributed by atoms with Crippen LogP contribution in [0.5, 0.6) is 0 Å². The molecule has 0 N–H and O–H groups in total. The van der Waals surface area contributed by atoms with E-state index in [4.69, 9.17) is 9.47 Å². The van der Waals surface area contributed by atoms with Crippen LogP contribution in [-0.2, 0) is 14.3 Å². The fraction of sp³-hybridized carbons (Fsp3) is 0.467. The van der Waals surface area contributed by atoms with Gasteiger partial charge in [0.05, 0.1) is 17.1 Å². The van der Waals surface area contributed by atoms with E-state index in [0.29, 0.717) is 13.1 Å². The highest BCUT2D eigenvalue weighted by Gasteiger charge is 2.27. The first kappa shape index (κ1) is 16.9. The van der Waals surface area contributed by atoms with Crippen molar-refractivity contribution >= 4 is 17.6 Å². The van der Waals surface area contributed by atoms with Crippen LogP contribution in [0.4, 0.5) is 5.69 Å². The Morgan fingerprint density at radius 3 is 2.52 bits per heavy atom. The number of carbonyl (C=O) groups excluding carboxylic acids is 2. The SMILES string of the molecule is C[C@H]1CN(C(=O)COC(=O)c2ccccc2[N+](=O)[O-])C[C@H](C)O1. The summed E-state index contributed by atoms with van der Waals surface area (Å²) in [5.41, 5.74) is -0.521. The van der Waals surface area contributed by atoms with Gasteiger partial charge in [0.1, 0.15) is 5.56 Å². The number of benzene rings is 1. The highest BCUT2D eigenvalue weighted by atomic mass is 16.6. The number of ether oxygens (including phenoxy) is 2. The predicted octanol–water partition coefficient (Wildman–Crippen LogP) is 1.39. The van der Waals surface area contributed by atoms with E-state index < -0.39 is 17.5 Å². The molecule has 1 amide bonds. The molecule has 1 aliphatic heterocycles. The lowest BCUT2D eigenvalue weighted by atomic mass is 10.2. The Kier molecular flexibility index (Phi) is 5.28. The van der Waals surface area contributed by atoms with E-state index in [2.05, 4.69) is 0 Å². The number of amides is 1. The molecule has 0 radical (unpaired) electrons. The smallest absolute Gasteiger partial charge is 0.345 e. The summed E-state index contributed by atoms with van der Waals surface area (Å²) in [6.07, 6.45) is -0.178. The number of nitro benzene ring substituents is 1. The summed E-state index contributed by atoms with van der Waals surface area (Å²) in [4.78, 5) is 35.9. The molecule has 0 aromatic heterocycles. The molecule has 1 aliphatic rings. The summed E-state index contributed by atoms with van der Waals surface area (Å²) < 4.78 is 10.5. The monoisotopic (exact) mass is 322 g/mol. The maximum Gasteiger partial charge on any atom is 0.345 e. The van der Waals surface area contributed by atoms with Gasteiger partial charge in [-0.15, -0.1) is 0 Å². The Bertz CT molecular complexity index is 608. The average Bonchev–Trinajstić information content (AvgIpc) is 2.51. The third-order valence-corrected chi connectivity index (χ3v) is 3.42. The lowest BCUT2D eigenvalue weighted by Gasteiger charge is -2.35. The maximum atomic E-state index is 12.1. The van der Waals surface area contributed by atoms with Gasteiger partial charge in [-0.25, -0.2) is 4.79 Å². The number of rotatable bonds is 4. The van der Waals surface area contributed by atoms with Crippen molar-refractivity contribution < 1.29 is 24.0 Å². The normalized spacial score (nSPS) is 20.9. The van der Waals surface area contributed by atoms with Crippen molar-refractivity contribution in [2.24, 2.45) is 0 Å². The molecular formula is C15H18N2O6. The molecule has 124 valence electrons. The second kappa shape index (κ2) is 7.19. The van der Waals surface area contributed by atoms with Gasteiger partial charge in [0.2, 0.25) is 0 Å². The van der Waals surface area contributed by atoms with Gasteiger partial charge in [0.15, 0.2) is 6.61 Å². The first-order chi connectivity index (χ1) is 10.9. The number of hydrogen-bond acceptors (Lipinski definition) is 6. The Balaban J connectivity index is 1.97. The minimum atomic E-state index is -0.889. The van der Waals surface area contributed by atoms with Crippen LogP contribution in [0.25, 0.3) is 0 Å². The van der Waals surface area contributed by atoms with Gasteiger partial charge in [-0.2, -0.15) is 0 Å². The molecule has 2 atom stereocenters. The maximum absolute atomic E-state index is 12.1. The number of carbonyl (C=O) groups is 2. The quantitative estimate of drug-likeness (QED) is 0.472. The summed E-state index contributed by atoms with van der Waals surface area (Å²) in [6.45, 7) is 4.10. The fourth-order valence-electron chi connectivity index (χ4n) is 2.48. The molecule has 23 heavy (non-hydrogen) atoms. The molecule has 2 rings (SSSR count). The van der Waals surface area contributed by atoms with Crippen LogP contribution in [0.1, 0.15) is 24.2 Å². The number of esters is 1. The molecule has 0 unspecified atom stereocenters. The largest absolute Gasteiger partial charge is 0.452 e. The van der Waals surface area contributed by atoms with Gasteiger partial charge in [-0.1, -0.05) is 12.1 Å². The van der Waals surface area contributed by atoms with Crippen molar-refractivity contribution in [2.75, 3.05) is 19.7 Å². The van der Waals surface area contributed by atoms with Crippen LogP contribution in [0.2, 0.25) is 0 Å². The number of hydrogen-bond donors (Lipinski definition) is 0. The zero-order valence-electron chi connectivity index (χ0n) is 12.9. The van der Waals surface area contributed by atoms with Gasteiger partial charge in [-0.05, 0) is 19.9 Å². The first-order valence-electron chi connectivity index (χ1n) is 7.22. The third kappa shape index (κ3) is 4.26. The molecule has 1 aromatic carbocycles. The van der Waals surface area contributed by atoms with Crippen LogP contribution in [0.3, 0.4) is 0 Å². The van der Waals surface area contributed by atoms with E-state index in [-0.39, 0.29) is 29.4 Å². The number of para-hydroxylation sites is 1. The molecule has 1 saturated heterocycles. The van der Waals surface area contributed by atoms with Crippen molar-refractivity contribution in [3.63, 3.8) is 0 Å². The topological polar surface area (TPSA) is 99.0 Å². The predicted molar refractivity (Wildman–Crippen MR) is 80.0 cm³/mol. The van der Waals surface area contributed by atoms with Crippen LogP contribution in [0, 0.1) is 10.1 Å². The summed E-state index contributed by atoms with van der Waals surface area (Å²) in [6, 6.07) is 5.46. The number of nitrogens with zero attached hydrogens (tertiary/aromatic N) is 2. The van der Waals surface area contributed by atoms with E-state index in [1.54, 1.807) is 4.90 Å². The van der Waals surface area contributed by atoms with Gasteiger partial charge in [0, 0.05) is 19.2 Å². The van der Waals surface area contributed by atoms with E-state index in [1.165, 1.54) is 24.3 Å². The third-order valence-electron chi connectivity index (χ3n) is 3.42. The molecule has 0 bridgehead atoms. The van der Waals surface area contributed by atoms with Crippen molar-refractivity contribution in [3.05, 3.63) is 39.9 Å². The fourth-order valence-corrected chi connectivity index (χ4v) is 2.48. The Labute approximate surface area is 133 Å². The summed E-state index contributed by atoms with van der Waals surface area (Å²) in [5.74, 6) is -1.24. The molecule has 0 spiro atoms. The van der Waals surface area contributed by atoms with E-state index in [9.17, 15) is 19.7 Å². The summed E-state index contributed by atoms with van der Waals surface area (Å²) >= 11 is 0. The molecule has 8 nitrogen and oxygen atoms in total. The Morgan fingerprint density at radius 1 is 1.30 bits per heavy atom. The van der Waals surface area contributed by atoms with Crippen molar-refractivity contribution in [1.82, 2.24) is 4.90 Å². The lowest BCUT2D eigenvalue weighted by Crippen LogP contribution is -2.49. The van der Waals surface area contributed by atoms with E-state index >= 15 is 0 Å². The standard InChI is InChI=1S/C15H18N2O6/c1-10-7-16(8-11(2)23-10)14(18)9-22-15(19)12-5-3-4-6-13(12)17(20)21/h3-6,10-11H,7-9H2,1-2H3/t10-,11-/m0/s1. The zero-order chi connectivity index (χ0) is 17.0. The molecule has 1 fully saturated rings. The van der Waals surface area contributed by atoms with Gasteiger partial charge in [-0.3, -0.25) is 14.9 Å². The van der Waals surface area contributed by atoms with Crippen molar-refractivity contribution in [1.29, 1.82) is 0 Å². The second-order valence-corrected chi connectivity index (χ2v) is 5.41. The summed E-state index contributed by atoms with van der Waals surface area (Å²) in [7, 11) is 0. The zero-order valence-corrected chi connectivity index (χ0v) is 12.9. The molecule has 8 heteroatoms. The van der Waals surface area contributed by atoms with Crippen LogP contribution < -0.4 is 0 Å². The second-order valence-electron chi connectivity index (χ2n) is 5.41. The minimum absolute atomic E-state index is 0.0892. The minimum Gasteiger partial charge on any atom is -0.452 e. The van der Waals surface area contributed by atoms with E-state index in [1.807, 2.05) is 13.8 Å². The van der Waals surface area contributed by atoms with Crippen LogP contribution >= 0.6 is 0 Å². The van der Waals surface area contributed by atoms with E-state index in [0.717, 1.165) is 0 Å². The highest BCUT2D eigenvalue weighted by molar-refractivity contribution is 5.95. The van der Waals surface area contributed by atoms with Gasteiger partial charge in [0.25, 0.3) is 11.6 Å². The highest BCUT2D eigenvalue weighted by Crippen LogP contribution is 2.18. The Morgan fingerprint density at radius 2 is 1.91 bits per heavy atom. The van der Waals surface area contributed by atoms with Crippen LogP contribution in [-0.4, -0.2) is 53.6 Å². The number of morpholine rings is 1. The lowest BCUT2D eigenvalue weighted by molar-refractivity contribution is -0.385. The van der Waals surface area contributed by atoms with Crippen molar-refractivity contribution in [2.45, 2.75) is 26.1 Å². The average molecular weight is 322 g/mol. The first-order valence-corrected chi connectivity index (χ1v) is 7.22. The number of nitro groups is 1.